The molecular formula is C18H21ClN4O5S. The quantitative estimate of drug-likeness (QED) is 0.714. The lowest BCUT2D eigenvalue weighted by Gasteiger charge is -2.34. The first-order valence-corrected chi connectivity index (χ1v) is 11.0. The van der Waals surface area contributed by atoms with Gasteiger partial charge in [-0.3, -0.25) is 9.48 Å². The second-order valence-electron chi connectivity index (χ2n) is 6.88. The van der Waals surface area contributed by atoms with E-state index in [1.54, 1.807) is 24.9 Å². The summed E-state index contributed by atoms with van der Waals surface area (Å²) in [6.07, 6.45) is 0. The van der Waals surface area contributed by atoms with Crippen LogP contribution in [0.4, 0.5) is 0 Å². The van der Waals surface area contributed by atoms with Gasteiger partial charge in [-0.2, -0.15) is 9.40 Å². The fourth-order valence-corrected chi connectivity index (χ4v) is 5.19. The van der Waals surface area contributed by atoms with Crippen molar-refractivity contribution in [2.75, 3.05) is 39.4 Å². The maximum absolute atomic E-state index is 13.0. The third kappa shape index (κ3) is 3.56. The molecule has 0 N–H and O–H groups in total. The summed E-state index contributed by atoms with van der Waals surface area (Å²) in [5.41, 5.74) is 0.908. The molecule has 156 valence electrons. The second kappa shape index (κ2) is 7.51. The van der Waals surface area contributed by atoms with Crippen molar-refractivity contribution in [3.63, 3.8) is 0 Å². The summed E-state index contributed by atoms with van der Waals surface area (Å²) < 4.78 is 39.8. The molecule has 0 saturated carbocycles. The molecule has 0 atom stereocenters. The largest absolute Gasteiger partial charge is 0.486 e. The van der Waals surface area contributed by atoms with Gasteiger partial charge in [0.15, 0.2) is 11.5 Å². The molecule has 3 heterocycles. The minimum atomic E-state index is -3.70. The number of halogens is 1. The maximum Gasteiger partial charge on any atom is 0.258 e. The minimum absolute atomic E-state index is 0.146. The van der Waals surface area contributed by atoms with Crippen molar-refractivity contribution in [1.29, 1.82) is 0 Å². The zero-order valence-electron chi connectivity index (χ0n) is 16.1. The van der Waals surface area contributed by atoms with Gasteiger partial charge in [-0.15, -0.1) is 0 Å². The standard InChI is InChI=1S/C18H21ClN4O5S/c1-12-16(17(19)21(2)20-12)18(24)22-5-7-23(8-6-22)29(25,26)13-3-4-14-15(11-13)28-10-9-27-14/h3-4,11H,5-10H2,1-2H3. The van der Waals surface area contributed by atoms with Crippen molar-refractivity contribution in [3.8, 4) is 11.5 Å². The summed E-state index contributed by atoms with van der Waals surface area (Å²) in [6.45, 7) is 3.48. The molecule has 1 saturated heterocycles. The third-order valence-corrected chi connectivity index (χ3v) is 7.37. The number of carbonyl (C=O) groups is 1. The van der Waals surface area contributed by atoms with Gasteiger partial charge in [0.2, 0.25) is 10.0 Å². The zero-order chi connectivity index (χ0) is 20.8. The highest BCUT2D eigenvalue weighted by Gasteiger charge is 2.33. The number of ether oxygens (including phenoxy) is 2. The molecule has 0 aliphatic carbocycles. The van der Waals surface area contributed by atoms with Gasteiger partial charge in [-0.05, 0) is 19.1 Å². The minimum Gasteiger partial charge on any atom is -0.486 e. The van der Waals surface area contributed by atoms with Crippen LogP contribution in [-0.2, 0) is 17.1 Å². The van der Waals surface area contributed by atoms with E-state index in [2.05, 4.69) is 5.10 Å². The molecule has 11 heteroatoms. The average molecular weight is 441 g/mol. The van der Waals surface area contributed by atoms with Crippen LogP contribution in [0.25, 0.3) is 0 Å². The molecule has 4 rings (SSSR count). The number of fused-ring (bicyclic) bond motifs is 1. The molecule has 0 bridgehead atoms. The Kier molecular flexibility index (Phi) is 5.18. The van der Waals surface area contributed by atoms with Crippen LogP contribution >= 0.6 is 11.6 Å². The predicted octanol–water partition coefficient (Wildman–Crippen LogP) is 1.30. The number of aromatic nitrogens is 2. The van der Waals surface area contributed by atoms with Gasteiger partial charge in [0.1, 0.15) is 18.4 Å². The van der Waals surface area contributed by atoms with E-state index in [9.17, 15) is 13.2 Å². The summed E-state index contributed by atoms with van der Waals surface area (Å²) in [7, 11) is -2.03. The molecule has 1 aromatic carbocycles. The number of hydrogen-bond acceptors (Lipinski definition) is 6. The van der Waals surface area contributed by atoms with Crippen molar-refractivity contribution >= 4 is 27.5 Å². The molecular weight excluding hydrogens is 420 g/mol. The van der Waals surface area contributed by atoms with E-state index >= 15 is 0 Å². The Hall–Kier alpha value is -2.30. The Balaban J connectivity index is 1.48. The van der Waals surface area contributed by atoms with Gasteiger partial charge >= 0.3 is 0 Å². The molecule has 0 unspecified atom stereocenters. The topological polar surface area (TPSA) is 94.0 Å². The predicted molar refractivity (Wildman–Crippen MR) is 105 cm³/mol. The molecule has 1 amide bonds. The number of rotatable bonds is 3. The number of piperazine rings is 1. The van der Waals surface area contributed by atoms with Crippen molar-refractivity contribution < 1.29 is 22.7 Å². The molecule has 2 aliphatic rings. The Bertz CT molecular complexity index is 1060. The number of benzene rings is 1. The van der Waals surface area contributed by atoms with E-state index in [4.69, 9.17) is 21.1 Å². The van der Waals surface area contributed by atoms with E-state index in [1.165, 1.54) is 21.1 Å². The Labute approximate surface area is 173 Å². The lowest BCUT2D eigenvalue weighted by molar-refractivity contribution is 0.0697. The van der Waals surface area contributed by atoms with E-state index in [0.29, 0.717) is 36.0 Å². The fourth-order valence-electron chi connectivity index (χ4n) is 3.50. The molecule has 29 heavy (non-hydrogen) atoms. The normalized spacial score (nSPS) is 17.4. The lowest BCUT2D eigenvalue weighted by atomic mass is 10.2. The Morgan fingerprint density at radius 2 is 1.76 bits per heavy atom. The van der Waals surface area contributed by atoms with Crippen LogP contribution in [0.3, 0.4) is 0 Å². The number of nitrogens with zero attached hydrogens (tertiary/aromatic N) is 4. The molecule has 9 nitrogen and oxygen atoms in total. The molecule has 2 aliphatic heterocycles. The van der Waals surface area contributed by atoms with Gasteiger partial charge in [-0.1, -0.05) is 11.6 Å². The van der Waals surface area contributed by atoms with Gasteiger partial charge < -0.3 is 14.4 Å². The maximum atomic E-state index is 13.0. The first-order chi connectivity index (χ1) is 13.8. The average Bonchev–Trinajstić information content (AvgIpc) is 2.98. The Morgan fingerprint density at radius 3 is 2.38 bits per heavy atom. The highest BCUT2D eigenvalue weighted by atomic mass is 35.5. The highest BCUT2D eigenvalue weighted by molar-refractivity contribution is 7.89. The number of sulfonamides is 1. The number of hydrogen-bond donors (Lipinski definition) is 0. The SMILES string of the molecule is Cc1nn(C)c(Cl)c1C(=O)N1CCN(S(=O)(=O)c2ccc3c(c2)OCCO3)CC1. The lowest BCUT2D eigenvalue weighted by Crippen LogP contribution is -2.50. The van der Waals surface area contributed by atoms with Crippen molar-refractivity contribution in [3.05, 3.63) is 34.6 Å². The smallest absolute Gasteiger partial charge is 0.258 e. The van der Waals surface area contributed by atoms with Gasteiger partial charge in [0.25, 0.3) is 5.91 Å². The number of carbonyl (C=O) groups excluding carboxylic acids is 1. The highest BCUT2D eigenvalue weighted by Crippen LogP contribution is 2.33. The van der Waals surface area contributed by atoms with E-state index in [1.807, 2.05) is 0 Å². The van der Waals surface area contributed by atoms with E-state index < -0.39 is 10.0 Å². The van der Waals surface area contributed by atoms with Crippen LogP contribution in [0.5, 0.6) is 11.5 Å². The first kappa shape index (κ1) is 20.0. The summed E-state index contributed by atoms with van der Waals surface area (Å²) in [5.74, 6) is 0.721. The van der Waals surface area contributed by atoms with Crippen LogP contribution in [0, 0.1) is 6.92 Å². The third-order valence-electron chi connectivity index (χ3n) is 5.04. The molecule has 0 spiro atoms. The van der Waals surface area contributed by atoms with Crippen LogP contribution in [0.15, 0.2) is 23.1 Å². The number of amides is 1. The van der Waals surface area contributed by atoms with E-state index in [0.717, 1.165) is 0 Å². The summed E-state index contributed by atoms with van der Waals surface area (Å²) in [4.78, 5) is 14.6. The van der Waals surface area contributed by atoms with Crippen molar-refractivity contribution in [2.24, 2.45) is 7.05 Å². The fraction of sp³-hybridized carbons (Fsp3) is 0.444. The first-order valence-electron chi connectivity index (χ1n) is 9.17. The van der Waals surface area contributed by atoms with Crippen LogP contribution in [0.1, 0.15) is 16.1 Å². The monoisotopic (exact) mass is 440 g/mol. The number of aryl methyl sites for hydroxylation is 2. The van der Waals surface area contributed by atoms with Gasteiger partial charge in [0.05, 0.1) is 16.2 Å². The second-order valence-corrected chi connectivity index (χ2v) is 9.17. The van der Waals surface area contributed by atoms with Crippen molar-refractivity contribution in [2.45, 2.75) is 11.8 Å². The molecule has 2 aromatic rings. The molecule has 1 fully saturated rings. The van der Waals surface area contributed by atoms with Crippen LogP contribution in [0.2, 0.25) is 5.15 Å². The van der Waals surface area contributed by atoms with Crippen LogP contribution in [-0.4, -0.2) is 72.7 Å². The molecule has 1 aromatic heterocycles. The Morgan fingerprint density at radius 1 is 1.10 bits per heavy atom. The zero-order valence-corrected chi connectivity index (χ0v) is 17.7. The summed E-state index contributed by atoms with van der Waals surface area (Å²) >= 11 is 6.19. The van der Waals surface area contributed by atoms with Crippen LogP contribution < -0.4 is 9.47 Å². The summed E-state index contributed by atoms with van der Waals surface area (Å²) in [5, 5.41) is 4.44. The van der Waals surface area contributed by atoms with Gasteiger partial charge in [0, 0.05) is 39.3 Å². The summed E-state index contributed by atoms with van der Waals surface area (Å²) in [6, 6.07) is 4.60. The van der Waals surface area contributed by atoms with Gasteiger partial charge in [-0.25, -0.2) is 8.42 Å². The molecule has 0 radical (unpaired) electrons. The van der Waals surface area contributed by atoms with E-state index in [-0.39, 0.29) is 42.1 Å². The van der Waals surface area contributed by atoms with Crippen molar-refractivity contribution in [1.82, 2.24) is 19.0 Å².